The van der Waals surface area contributed by atoms with Crippen molar-refractivity contribution < 1.29 is 30.3 Å². The Morgan fingerprint density at radius 2 is 1.11 bits per heavy atom. The maximum atomic E-state index is 12.5. The summed E-state index contributed by atoms with van der Waals surface area (Å²) in [5.74, 6) is -2.89. The number of nitrogens with zero attached hydrogens (tertiary/aromatic N) is 3. The maximum Gasteiger partial charge on any atom is 0.148 e. The molecule has 4 nitrogen and oxygen atoms in total. The zero-order valence-electron chi connectivity index (χ0n) is 45.5. The number of imidazole rings is 1. The molecule has 0 bridgehead atoms. The molecule has 5 heteroatoms. The molecule has 0 radical (unpaired) electrons. The fourth-order valence-corrected chi connectivity index (χ4v) is 9.82. The third-order valence-corrected chi connectivity index (χ3v) is 13.6. The van der Waals surface area contributed by atoms with E-state index in [0.717, 1.165) is 78.1 Å². The van der Waals surface area contributed by atoms with Gasteiger partial charge in [0.25, 0.3) is 0 Å². The smallest absolute Gasteiger partial charge is 0.148 e. The molecule has 0 unspecified atom stereocenters. The van der Waals surface area contributed by atoms with Crippen LogP contribution in [0.25, 0.3) is 95.0 Å². The number of hydrogen-bond donors (Lipinski definition) is 1. The Kier molecular flexibility index (Phi) is 13.1. The predicted molar refractivity (Wildman–Crippen MR) is 298 cm³/mol. The Morgan fingerprint density at radius 1 is 0.514 bits per heavy atom. The first-order valence-corrected chi connectivity index (χ1v) is 24.5. The van der Waals surface area contributed by atoms with E-state index in [9.17, 15) is 9.22 Å². The fourth-order valence-electron chi connectivity index (χ4n) is 9.82. The third kappa shape index (κ3) is 9.78. The summed E-state index contributed by atoms with van der Waals surface area (Å²) in [4.78, 5) is 10.5. The second-order valence-electron chi connectivity index (χ2n) is 20.3. The Hall–Kier alpha value is -7.13. The number of para-hydroxylation sites is 1. The van der Waals surface area contributed by atoms with Crippen molar-refractivity contribution in [3.63, 3.8) is 0 Å². The van der Waals surface area contributed by atoms with Gasteiger partial charge in [-0.25, -0.2) is 4.98 Å². The van der Waals surface area contributed by atoms with Crippen LogP contribution in [0, 0.1) is 6.07 Å². The molecular weight excluding hydrogens is 1060 g/mol. The monoisotopic (exact) mass is 1120 g/mol. The van der Waals surface area contributed by atoms with Crippen molar-refractivity contribution >= 4 is 11.0 Å². The summed E-state index contributed by atoms with van der Waals surface area (Å²) in [6.07, 6.45) is 1.86. The quantitative estimate of drug-likeness (QED) is 0.131. The van der Waals surface area contributed by atoms with Crippen molar-refractivity contribution in [2.45, 2.75) is 85.4 Å². The fraction of sp³-hybridized carbons (Fsp3) is 0.194. The summed E-state index contributed by atoms with van der Waals surface area (Å²) in [7, 11) is 0. The predicted octanol–water partition coefficient (Wildman–Crippen LogP) is 18.3. The standard InChI is InChI=1S/C67H62N3O.Pt/c1-42(2)50-38-59(44(5)6)65(71)60(39-50)66-69-64-55(24-18-26-63(64)70(66)54-31-32-56(58(41-54)43(3)4)57-23-16-17-25-61(57)67(7,8)9)52-35-51(46-21-14-11-15-22-46)36-53(37-52)62-40-49(33-34-68-62)48-29-27-47(28-30-48)45-19-12-10-13-20-45;/h10-36,38-44,71H,1-9H3;/q-1;/i42D,43D,44D;. The normalized spacial score (nSPS) is 12.8. The van der Waals surface area contributed by atoms with Crippen LogP contribution in [-0.4, -0.2) is 19.6 Å². The van der Waals surface area contributed by atoms with E-state index in [0.29, 0.717) is 28.0 Å². The number of fused-ring (bicyclic) bond motifs is 1. The number of benzene rings is 8. The summed E-state index contributed by atoms with van der Waals surface area (Å²) in [6, 6.07) is 66.2. The number of phenolic OH excluding ortho intramolecular Hbond substituents is 1. The molecule has 362 valence electrons. The number of hydrogen-bond acceptors (Lipinski definition) is 3. The third-order valence-electron chi connectivity index (χ3n) is 13.6. The van der Waals surface area contributed by atoms with Crippen molar-refractivity contribution in [2.24, 2.45) is 0 Å². The second kappa shape index (κ2) is 20.5. The Morgan fingerprint density at radius 3 is 1.76 bits per heavy atom. The first-order valence-electron chi connectivity index (χ1n) is 26.0. The van der Waals surface area contributed by atoms with Gasteiger partial charge in [-0.1, -0.05) is 219 Å². The number of phenols is 1. The van der Waals surface area contributed by atoms with Crippen LogP contribution in [0.1, 0.15) is 106 Å². The van der Waals surface area contributed by atoms with Crippen LogP contribution in [-0.2, 0) is 26.5 Å². The number of aromatic hydroxyl groups is 1. The summed E-state index contributed by atoms with van der Waals surface area (Å²) in [6.45, 7) is 17.6. The molecule has 0 aliphatic heterocycles. The van der Waals surface area contributed by atoms with Crippen molar-refractivity contribution in [3.8, 4) is 89.7 Å². The summed E-state index contributed by atoms with van der Waals surface area (Å²) >= 11 is 0. The van der Waals surface area contributed by atoms with Gasteiger partial charge in [0.2, 0.25) is 0 Å². The van der Waals surface area contributed by atoms with E-state index in [1.165, 1.54) is 11.1 Å². The van der Waals surface area contributed by atoms with E-state index in [-0.39, 0.29) is 32.2 Å². The summed E-state index contributed by atoms with van der Waals surface area (Å²) < 4.78 is 30.1. The van der Waals surface area contributed by atoms with Crippen LogP contribution < -0.4 is 0 Å². The molecule has 1 N–H and O–H groups in total. The summed E-state index contributed by atoms with van der Waals surface area (Å²) in [5, 5.41) is 12.5. The zero-order valence-corrected chi connectivity index (χ0v) is 44.8. The van der Waals surface area contributed by atoms with Gasteiger partial charge in [-0.2, -0.15) is 0 Å². The average molecular weight is 1120 g/mol. The van der Waals surface area contributed by atoms with Gasteiger partial charge >= 0.3 is 0 Å². The second-order valence-corrected chi connectivity index (χ2v) is 20.3. The van der Waals surface area contributed by atoms with Crippen molar-refractivity contribution in [3.05, 3.63) is 217 Å². The Bertz CT molecular complexity index is 3710. The Balaban J connectivity index is 0.00000689. The van der Waals surface area contributed by atoms with Gasteiger partial charge in [-0.15, -0.1) is 23.8 Å². The number of aromatic nitrogens is 3. The number of rotatable bonds is 11. The molecule has 10 rings (SSSR count). The van der Waals surface area contributed by atoms with Crippen molar-refractivity contribution in [2.75, 3.05) is 0 Å². The molecule has 72 heavy (non-hydrogen) atoms. The van der Waals surface area contributed by atoms with Gasteiger partial charge in [0, 0.05) is 42.8 Å². The molecule has 0 amide bonds. The van der Waals surface area contributed by atoms with Gasteiger partial charge in [-0.3, -0.25) is 9.55 Å². The van der Waals surface area contributed by atoms with E-state index in [1.807, 2.05) is 82.4 Å². The van der Waals surface area contributed by atoms with Gasteiger partial charge in [0.05, 0.1) is 16.6 Å². The van der Waals surface area contributed by atoms with E-state index in [2.05, 4.69) is 159 Å². The Labute approximate surface area is 445 Å². The van der Waals surface area contributed by atoms with Crippen LogP contribution in [0.15, 0.2) is 188 Å². The van der Waals surface area contributed by atoms with Crippen LogP contribution >= 0.6 is 0 Å². The largest absolute Gasteiger partial charge is 0.507 e. The van der Waals surface area contributed by atoms with E-state index in [4.69, 9.17) is 9.97 Å². The molecule has 0 saturated heterocycles. The van der Waals surface area contributed by atoms with E-state index in [1.54, 1.807) is 19.9 Å². The molecule has 2 aromatic heterocycles. The van der Waals surface area contributed by atoms with Crippen LogP contribution in [0.5, 0.6) is 5.75 Å². The van der Waals surface area contributed by atoms with Gasteiger partial charge in [0.15, 0.2) is 0 Å². The van der Waals surface area contributed by atoms with Gasteiger partial charge < -0.3 is 5.11 Å². The van der Waals surface area contributed by atoms with E-state index >= 15 is 0 Å². The minimum atomic E-state index is -1.20. The topological polar surface area (TPSA) is 50.9 Å². The van der Waals surface area contributed by atoms with Gasteiger partial charge in [-0.05, 0) is 115 Å². The first-order chi connectivity index (χ1) is 35.1. The molecule has 8 aromatic carbocycles. The molecule has 10 aromatic rings. The van der Waals surface area contributed by atoms with E-state index < -0.39 is 17.7 Å². The average Bonchev–Trinajstić information content (AvgIpc) is 3.78. The van der Waals surface area contributed by atoms with Crippen molar-refractivity contribution in [1.82, 2.24) is 14.5 Å². The SMILES string of the molecule is [2H]C(C)(C)c1cc(-c2nc3c(-c4[c-]c(-c5cc(-c6ccc(-c7ccccc7)cc6)ccn5)cc(-c5ccccc5)c4)cccc3n2-c2ccc(-c3ccccc3C(C)(C)C)c(C([2H])(C)C)c2)c(O)c(C([2H])(C)C)c1.[Pt]. The van der Waals surface area contributed by atoms with Crippen LogP contribution in [0.2, 0.25) is 0 Å². The minimum absolute atomic E-state index is 0. The van der Waals surface area contributed by atoms with Crippen LogP contribution in [0.4, 0.5) is 0 Å². The maximum absolute atomic E-state index is 12.5. The minimum Gasteiger partial charge on any atom is -0.507 e. The molecule has 2 heterocycles. The van der Waals surface area contributed by atoms with Gasteiger partial charge in [0.1, 0.15) is 11.6 Å². The molecule has 0 aliphatic rings. The first kappa shape index (κ1) is 46.0. The number of pyridine rings is 1. The van der Waals surface area contributed by atoms with Crippen LogP contribution in [0.3, 0.4) is 0 Å². The molecule has 0 saturated carbocycles. The summed E-state index contributed by atoms with van der Waals surface area (Å²) in [5.41, 5.74) is 17.3. The molecular formula is C67H62N3OPt-. The zero-order chi connectivity index (χ0) is 52.3. The molecule has 0 fully saturated rings. The van der Waals surface area contributed by atoms with Crippen molar-refractivity contribution in [1.29, 1.82) is 0 Å². The molecule has 0 spiro atoms. The molecule has 0 atom stereocenters. The molecule has 0 aliphatic carbocycles.